The van der Waals surface area contributed by atoms with Crippen LogP contribution in [0, 0.1) is 11.7 Å². The fourth-order valence-electron chi connectivity index (χ4n) is 3.24. The second-order valence-electron chi connectivity index (χ2n) is 7.70. The van der Waals surface area contributed by atoms with Crippen molar-refractivity contribution in [3.63, 3.8) is 0 Å². The second kappa shape index (κ2) is 9.13. The molecule has 1 unspecified atom stereocenters. The van der Waals surface area contributed by atoms with Gasteiger partial charge in [0.1, 0.15) is 24.0 Å². The van der Waals surface area contributed by atoms with Crippen LogP contribution in [0.2, 0.25) is 0 Å². The minimum absolute atomic E-state index is 0.0813. The molecule has 3 heterocycles. The standard InChI is InChI=1S/C22H23FN6O3/c1-13(2)18-12-31-22(30)29(18)19-8-9-24-21(28-19)27-14(3)17-10-26-20(11-25-17)32-16-6-4-15(23)5-7-16/h4-11,13-14,18H,12H2,1-3H3,(H,24,27,28)/t14-,18?/m1/s1. The lowest BCUT2D eigenvalue weighted by Crippen LogP contribution is -2.37. The van der Waals surface area contributed by atoms with Crippen LogP contribution in [0.1, 0.15) is 32.5 Å². The number of hydrogen-bond acceptors (Lipinski definition) is 8. The number of rotatable bonds is 7. The molecule has 1 fully saturated rings. The first kappa shape index (κ1) is 21.4. The molecule has 0 bridgehead atoms. The molecule has 9 nitrogen and oxygen atoms in total. The minimum Gasteiger partial charge on any atom is -0.447 e. The van der Waals surface area contributed by atoms with Crippen molar-refractivity contribution in [2.24, 2.45) is 5.92 Å². The molecule has 2 aromatic heterocycles. The third kappa shape index (κ3) is 4.74. The molecule has 3 aromatic rings. The molecule has 0 radical (unpaired) electrons. The summed E-state index contributed by atoms with van der Waals surface area (Å²) in [4.78, 5) is 31.1. The number of amides is 1. The number of cyclic esters (lactones) is 1. The van der Waals surface area contributed by atoms with Gasteiger partial charge in [0.2, 0.25) is 11.8 Å². The topological polar surface area (TPSA) is 102 Å². The molecular weight excluding hydrogens is 415 g/mol. The van der Waals surface area contributed by atoms with Gasteiger partial charge in [-0.2, -0.15) is 4.98 Å². The van der Waals surface area contributed by atoms with Gasteiger partial charge in [0.15, 0.2) is 0 Å². The first-order valence-electron chi connectivity index (χ1n) is 10.2. The molecule has 0 saturated carbocycles. The van der Waals surface area contributed by atoms with E-state index in [0.29, 0.717) is 29.8 Å². The lowest BCUT2D eigenvalue weighted by molar-refractivity contribution is 0.177. The Balaban J connectivity index is 1.43. The van der Waals surface area contributed by atoms with Gasteiger partial charge in [0.05, 0.1) is 30.2 Å². The smallest absolute Gasteiger partial charge is 0.415 e. The zero-order chi connectivity index (χ0) is 22.7. The number of carbonyl (C=O) groups is 1. The highest BCUT2D eigenvalue weighted by Crippen LogP contribution is 2.27. The van der Waals surface area contributed by atoms with Crippen molar-refractivity contribution in [1.82, 2.24) is 19.9 Å². The number of nitrogens with one attached hydrogen (secondary N) is 1. The number of halogens is 1. The van der Waals surface area contributed by atoms with Crippen molar-refractivity contribution in [2.45, 2.75) is 32.9 Å². The molecule has 32 heavy (non-hydrogen) atoms. The summed E-state index contributed by atoms with van der Waals surface area (Å²) in [6, 6.07) is 6.98. The van der Waals surface area contributed by atoms with E-state index in [1.165, 1.54) is 30.5 Å². The van der Waals surface area contributed by atoms with Gasteiger partial charge in [-0.15, -0.1) is 0 Å². The summed E-state index contributed by atoms with van der Waals surface area (Å²) in [5, 5.41) is 3.17. The molecule has 0 aliphatic carbocycles. The molecule has 1 aromatic carbocycles. The summed E-state index contributed by atoms with van der Waals surface area (Å²) in [6.45, 7) is 6.29. The molecule has 1 aliphatic heterocycles. The van der Waals surface area contributed by atoms with Gasteiger partial charge in [-0.25, -0.2) is 19.2 Å². The zero-order valence-corrected chi connectivity index (χ0v) is 17.9. The fourth-order valence-corrected chi connectivity index (χ4v) is 3.24. The third-order valence-corrected chi connectivity index (χ3v) is 5.04. The quantitative estimate of drug-likeness (QED) is 0.581. The lowest BCUT2D eigenvalue weighted by atomic mass is 10.0. The van der Waals surface area contributed by atoms with E-state index in [1.807, 2.05) is 20.8 Å². The Morgan fingerprint density at radius 2 is 1.91 bits per heavy atom. The van der Waals surface area contributed by atoms with E-state index in [-0.39, 0.29) is 29.7 Å². The van der Waals surface area contributed by atoms with Crippen LogP contribution < -0.4 is 15.0 Å². The number of ether oxygens (including phenoxy) is 2. The molecule has 4 rings (SSSR count). The van der Waals surface area contributed by atoms with Crippen LogP contribution in [0.15, 0.2) is 48.9 Å². The molecule has 1 amide bonds. The summed E-state index contributed by atoms with van der Waals surface area (Å²) >= 11 is 0. The number of benzene rings is 1. The first-order valence-corrected chi connectivity index (χ1v) is 10.2. The van der Waals surface area contributed by atoms with Gasteiger partial charge < -0.3 is 14.8 Å². The summed E-state index contributed by atoms with van der Waals surface area (Å²) in [5.41, 5.74) is 0.645. The predicted octanol–water partition coefficient (Wildman–Crippen LogP) is 4.35. The van der Waals surface area contributed by atoms with Gasteiger partial charge in [0.25, 0.3) is 0 Å². The van der Waals surface area contributed by atoms with Crippen LogP contribution in [0.25, 0.3) is 0 Å². The van der Waals surface area contributed by atoms with Crippen molar-refractivity contribution < 1.29 is 18.7 Å². The van der Waals surface area contributed by atoms with Gasteiger partial charge in [-0.05, 0) is 43.2 Å². The van der Waals surface area contributed by atoms with E-state index >= 15 is 0 Å². The van der Waals surface area contributed by atoms with Crippen molar-refractivity contribution in [2.75, 3.05) is 16.8 Å². The molecule has 1 aliphatic rings. The van der Waals surface area contributed by atoms with Gasteiger partial charge in [0, 0.05) is 6.20 Å². The molecule has 166 valence electrons. The first-order chi connectivity index (χ1) is 15.4. The molecule has 0 spiro atoms. The van der Waals surface area contributed by atoms with Crippen molar-refractivity contribution >= 4 is 17.9 Å². The van der Waals surface area contributed by atoms with Crippen molar-refractivity contribution in [1.29, 1.82) is 0 Å². The maximum atomic E-state index is 13.0. The van der Waals surface area contributed by atoms with E-state index in [4.69, 9.17) is 9.47 Å². The van der Waals surface area contributed by atoms with Gasteiger partial charge >= 0.3 is 6.09 Å². The Morgan fingerprint density at radius 3 is 2.59 bits per heavy atom. The summed E-state index contributed by atoms with van der Waals surface area (Å²) in [5.74, 6) is 1.46. The largest absolute Gasteiger partial charge is 0.447 e. The highest BCUT2D eigenvalue weighted by atomic mass is 19.1. The van der Waals surface area contributed by atoms with Crippen molar-refractivity contribution in [3.8, 4) is 11.6 Å². The normalized spacial score (nSPS) is 16.7. The van der Waals surface area contributed by atoms with E-state index < -0.39 is 6.09 Å². The van der Waals surface area contributed by atoms with E-state index in [2.05, 4.69) is 25.3 Å². The Kier molecular flexibility index (Phi) is 6.11. The van der Waals surface area contributed by atoms with Crippen LogP contribution in [0.5, 0.6) is 11.6 Å². The SMILES string of the molecule is CC(C)C1COC(=O)N1c1ccnc(N[C@H](C)c2cnc(Oc3ccc(F)cc3)cn2)n1. The number of anilines is 2. The van der Waals surface area contributed by atoms with Crippen LogP contribution in [-0.4, -0.2) is 38.7 Å². The third-order valence-electron chi connectivity index (χ3n) is 5.04. The zero-order valence-electron chi connectivity index (χ0n) is 17.9. The second-order valence-corrected chi connectivity index (χ2v) is 7.70. The van der Waals surface area contributed by atoms with Crippen LogP contribution >= 0.6 is 0 Å². The number of hydrogen-bond donors (Lipinski definition) is 1. The van der Waals surface area contributed by atoms with E-state index in [0.717, 1.165) is 0 Å². The lowest BCUT2D eigenvalue weighted by Gasteiger charge is -2.23. The van der Waals surface area contributed by atoms with Crippen LogP contribution in [0.4, 0.5) is 21.0 Å². The van der Waals surface area contributed by atoms with Gasteiger partial charge in [-0.3, -0.25) is 9.88 Å². The molecule has 2 atom stereocenters. The molecule has 10 heteroatoms. The monoisotopic (exact) mass is 438 g/mol. The predicted molar refractivity (Wildman–Crippen MR) is 115 cm³/mol. The molecule has 1 saturated heterocycles. The minimum atomic E-state index is -0.413. The Labute approximate surface area is 184 Å². The Hall–Kier alpha value is -3.82. The summed E-state index contributed by atoms with van der Waals surface area (Å²) in [7, 11) is 0. The molecule has 1 N–H and O–H groups in total. The maximum absolute atomic E-state index is 13.0. The Morgan fingerprint density at radius 1 is 1.12 bits per heavy atom. The number of carbonyl (C=O) groups excluding carboxylic acids is 1. The molecular formula is C22H23FN6O3. The average Bonchev–Trinajstić information content (AvgIpc) is 3.18. The highest BCUT2D eigenvalue weighted by molar-refractivity contribution is 5.89. The van der Waals surface area contributed by atoms with E-state index in [9.17, 15) is 9.18 Å². The fraction of sp³-hybridized carbons (Fsp3) is 0.318. The van der Waals surface area contributed by atoms with E-state index in [1.54, 1.807) is 23.4 Å². The highest BCUT2D eigenvalue weighted by Gasteiger charge is 2.37. The average molecular weight is 438 g/mol. The summed E-state index contributed by atoms with van der Waals surface area (Å²) in [6.07, 6.45) is 4.24. The van der Waals surface area contributed by atoms with Crippen LogP contribution in [0.3, 0.4) is 0 Å². The van der Waals surface area contributed by atoms with Crippen LogP contribution in [-0.2, 0) is 4.74 Å². The Bertz CT molecular complexity index is 1080. The number of aromatic nitrogens is 4. The van der Waals surface area contributed by atoms with Gasteiger partial charge in [-0.1, -0.05) is 13.8 Å². The maximum Gasteiger partial charge on any atom is 0.415 e. The number of nitrogens with zero attached hydrogens (tertiary/aromatic N) is 5. The van der Waals surface area contributed by atoms with Crippen molar-refractivity contribution in [3.05, 3.63) is 60.4 Å². The summed E-state index contributed by atoms with van der Waals surface area (Å²) < 4.78 is 23.8.